The Kier molecular flexibility index (Phi) is 5.46. The first-order chi connectivity index (χ1) is 9.65. The van der Waals surface area contributed by atoms with Gasteiger partial charge in [0.2, 0.25) is 0 Å². The van der Waals surface area contributed by atoms with E-state index in [1.165, 1.54) is 12.8 Å². The highest BCUT2D eigenvalue weighted by Crippen LogP contribution is 2.27. The summed E-state index contributed by atoms with van der Waals surface area (Å²) in [6.45, 7) is 3.95. The summed E-state index contributed by atoms with van der Waals surface area (Å²) in [6.07, 6.45) is 4.76. The van der Waals surface area contributed by atoms with Gasteiger partial charge in [-0.05, 0) is 37.0 Å². The fourth-order valence-corrected chi connectivity index (χ4v) is 3.19. The Hall–Kier alpha value is -1.03. The summed E-state index contributed by atoms with van der Waals surface area (Å²) in [5, 5.41) is 0. The molecule has 0 atom stereocenters. The van der Waals surface area contributed by atoms with Gasteiger partial charge in [0, 0.05) is 17.6 Å². The molecule has 1 amide bonds. The summed E-state index contributed by atoms with van der Waals surface area (Å²) < 4.78 is 6.24. The van der Waals surface area contributed by atoms with Crippen LogP contribution in [0.2, 0.25) is 0 Å². The van der Waals surface area contributed by atoms with Gasteiger partial charge in [-0.1, -0.05) is 35.7 Å². The van der Waals surface area contributed by atoms with Crippen molar-refractivity contribution in [2.24, 2.45) is 5.92 Å². The van der Waals surface area contributed by atoms with Crippen molar-refractivity contribution in [3.8, 4) is 5.75 Å². The summed E-state index contributed by atoms with van der Waals surface area (Å²) in [7, 11) is 1.60. The summed E-state index contributed by atoms with van der Waals surface area (Å²) >= 11 is 3.40. The van der Waals surface area contributed by atoms with Gasteiger partial charge in [-0.3, -0.25) is 4.79 Å². The lowest BCUT2D eigenvalue weighted by Gasteiger charge is -2.32. The van der Waals surface area contributed by atoms with Crippen molar-refractivity contribution >= 4 is 21.8 Å². The van der Waals surface area contributed by atoms with E-state index in [0.717, 1.165) is 36.3 Å². The highest BCUT2D eigenvalue weighted by Gasteiger charge is 2.25. The quantitative estimate of drug-likeness (QED) is 0.826. The SMILES string of the molecule is CCCC1CCN(C(=O)c2ccc(Br)cc2OC)CC1. The number of methoxy groups -OCH3 is 1. The van der Waals surface area contributed by atoms with Crippen molar-refractivity contribution < 1.29 is 9.53 Å². The second-order valence-corrected chi connectivity index (χ2v) is 6.28. The van der Waals surface area contributed by atoms with Crippen LogP contribution in [-0.2, 0) is 0 Å². The molecule has 0 aliphatic carbocycles. The van der Waals surface area contributed by atoms with E-state index < -0.39 is 0 Å². The van der Waals surface area contributed by atoms with E-state index in [1.54, 1.807) is 7.11 Å². The van der Waals surface area contributed by atoms with Crippen LogP contribution in [0.5, 0.6) is 5.75 Å². The predicted molar refractivity (Wildman–Crippen MR) is 84.2 cm³/mol. The number of carbonyl (C=O) groups excluding carboxylic acids is 1. The maximum absolute atomic E-state index is 12.6. The number of rotatable bonds is 4. The number of halogens is 1. The molecule has 0 saturated carbocycles. The molecule has 0 spiro atoms. The van der Waals surface area contributed by atoms with Crippen molar-refractivity contribution in [2.45, 2.75) is 32.6 Å². The molecule has 20 heavy (non-hydrogen) atoms. The van der Waals surface area contributed by atoms with Crippen LogP contribution in [-0.4, -0.2) is 31.0 Å². The molecule has 1 fully saturated rings. The van der Waals surface area contributed by atoms with E-state index in [9.17, 15) is 4.79 Å². The van der Waals surface area contributed by atoms with Gasteiger partial charge in [-0.2, -0.15) is 0 Å². The van der Waals surface area contributed by atoms with Crippen LogP contribution in [0.15, 0.2) is 22.7 Å². The smallest absolute Gasteiger partial charge is 0.257 e. The highest BCUT2D eigenvalue weighted by molar-refractivity contribution is 9.10. The van der Waals surface area contributed by atoms with E-state index in [4.69, 9.17) is 4.74 Å². The number of hydrogen-bond donors (Lipinski definition) is 0. The van der Waals surface area contributed by atoms with Crippen LogP contribution in [0, 0.1) is 5.92 Å². The van der Waals surface area contributed by atoms with Gasteiger partial charge >= 0.3 is 0 Å². The van der Waals surface area contributed by atoms with Gasteiger partial charge in [-0.15, -0.1) is 0 Å². The summed E-state index contributed by atoms with van der Waals surface area (Å²) in [6, 6.07) is 5.57. The number of amides is 1. The summed E-state index contributed by atoms with van der Waals surface area (Å²) in [5.41, 5.74) is 0.657. The molecular weight excluding hydrogens is 318 g/mol. The number of piperidine rings is 1. The molecule has 4 heteroatoms. The van der Waals surface area contributed by atoms with Gasteiger partial charge in [0.05, 0.1) is 12.7 Å². The van der Waals surface area contributed by atoms with E-state index in [2.05, 4.69) is 22.9 Å². The van der Waals surface area contributed by atoms with Crippen molar-refractivity contribution in [1.29, 1.82) is 0 Å². The average Bonchev–Trinajstić information content (AvgIpc) is 2.47. The van der Waals surface area contributed by atoms with E-state index in [0.29, 0.717) is 11.3 Å². The second kappa shape index (κ2) is 7.11. The fraction of sp³-hybridized carbons (Fsp3) is 0.562. The molecule has 110 valence electrons. The van der Waals surface area contributed by atoms with E-state index >= 15 is 0 Å². The number of benzene rings is 1. The molecule has 1 aromatic carbocycles. The Morgan fingerprint density at radius 2 is 2.10 bits per heavy atom. The average molecular weight is 340 g/mol. The molecule has 1 aromatic rings. The molecule has 1 saturated heterocycles. The molecule has 2 rings (SSSR count). The zero-order valence-electron chi connectivity index (χ0n) is 12.2. The lowest BCUT2D eigenvalue weighted by Crippen LogP contribution is -2.38. The van der Waals surface area contributed by atoms with E-state index in [-0.39, 0.29) is 5.91 Å². The molecule has 1 heterocycles. The lowest BCUT2D eigenvalue weighted by molar-refractivity contribution is 0.0683. The minimum absolute atomic E-state index is 0.0873. The monoisotopic (exact) mass is 339 g/mol. The van der Waals surface area contributed by atoms with Gasteiger partial charge in [-0.25, -0.2) is 0 Å². The first-order valence-corrected chi connectivity index (χ1v) is 8.07. The van der Waals surface area contributed by atoms with Crippen molar-refractivity contribution in [3.05, 3.63) is 28.2 Å². The number of hydrogen-bond acceptors (Lipinski definition) is 2. The number of nitrogens with zero attached hydrogens (tertiary/aromatic N) is 1. The first kappa shape index (κ1) is 15.4. The van der Waals surface area contributed by atoms with Crippen LogP contribution in [0.1, 0.15) is 43.0 Å². The van der Waals surface area contributed by atoms with Crippen molar-refractivity contribution in [1.82, 2.24) is 4.90 Å². The van der Waals surface area contributed by atoms with E-state index in [1.807, 2.05) is 23.1 Å². The van der Waals surface area contributed by atoms with Gasteiger partial charge in [0.1, 0.15) is 5.75 Å². The zero-order valence-corrected chi connectivity index (χ0v) is 13.8. The van der Waals surface area contributed by atoms with Crippen molar-refractivity contribution in [2.75, 3.05) is 20.2 Å². The maximum Gasteiger partial charge on any atom is 0.257 e. The third-order valence-electron chi connectivity index (χ3n) is 3.99. The lowest BCUT2D eigenvalue weighted by atomic mass is 9.92. The zero-order chi connectivity index (χ0) is 14.5. The van der Waals surface area contributed by atoms with Gasteiger partial charge in [0.25, 0.3) is 5.91 Å². The second-order valence-electron chi connectivity index (χ2n) is 5.37. The van der Waals surface area contributed by atoms with Gasteiger partial charge < -0.3 is 9.64 Å². The molecule has 0 aromatic heterocycles. The third-order valence-corrected chi connectivity index (χ3v) is 4.49. The maximum atomic E-state index is 12.6. The first-order valence-electron chi connectivity index (χ1n) is 7.28. The Morgan fingerprint density at radius 1 is 1.40 bits per heavy atom. The summed E-state index contributed by atoms with van der Waals surface area (Å²) in [5.74, 6) is 1.51. The topological polar surface area (TPSA) is 29.5 Å². The Morgan fingerprint density at radius 3 is 2.70 bits per heavy atom. The Labute approximate surface area is 129 Å². The summed E-state index contributed by atoms with van der Waals surface area (Å²) in [4.78, 5) is 14.5. The minimum Gasteiger partial charge on any atom is -0.496 e. The standard InChI is InChI=1S/C16H22BrNO2/c1-3-4-12-7-9-18(10-8-12)16(19)14-6-5-13(17)11-15(14)20-2/h5-6,11-12H,3-4,7-10H2,1-2H3. The largest absolute Gasteiger partial charge is 0.496 e. The number of carbonyl (C=O) groups is 1. The molecule has 1 aliphatic heterocycles. The molecule has 0 bridgehead atoms. The Bertz CT molecular complexity index is 468. The molecule has 0 N–H and O–H groups in total. The Balaban J connectivity index is 2.05. The fourth-order valence-electron chi connectivity index (χ4n) is 2.85. The van der Waals surface area contributed by atoms with Crippen LogP contribution < -0.4 is 4.74 Å². The normalized spacial score (nSPS) is 16.2. The van der Waals surface area contributed by atoms with Crippen molar-refractivity contribution in [3.63, 3.8) is 0 Å². The number of ether oxygens (including phenoxy) is 1. The molecular formula is C16H22BrNO2. The van der Waals surface area contributed by atoms with Crippen LogP contribution in [0.25, 0.3) is 0 Å². The van der Waals surface area contributed by atoms with Crippen LogP contribution in [0.4, 0.5) is 0 Å². The predicted octanol–water partition coefficient (Wildman–Crippen LogP) is 4.11. The van der Waals surface area contributed by atoms with Crippen LogP contribution in [0.3, 0.4) is 0 Å². The molecule has 1 aliphatic rings. The minimum atomic E-state index is 0.0873. The molecule has 3 nitrogen and oxygen atoms in total. The molecule has 0 unspecified atom stereocenters. The molecule has 0 radical (unpaired) electrons. The highest BCUT2D eigenvalue weighted by atomic mass is 79.9. The number of likely N-dealkylation sites (tertiary alicyclic amines) is 1. The third kappa shape index (κ3) is 3.54. The van der Waals surface area contributed by atoms with Gasteiger partial charge in [0.15, 0.2) is 0 Å². The van der Waals surface area contributed by atoms with Crippen LogP contribution >= 0.6 is 15.9 Å².